The third-order valence-corrected chi connectivity index (χ3v) is 3.95. The van der Waals surface area contributed by atoms with E-state index in [-0.39, 0.29) is 6.04 Å². The Labute approximate surface area is 124 Å². The number of unbranched alkanes of at least 4 members (excludes halogenated alkanes) is 1. The molecule has 0 aliphatic carbocycles. The third-order valence-electron chi connectivity index (χ3n) is 3.05. The zero-order valence-corrected chi connectivity index (χ0v) is 12.8. The highest BCUT2D eigenvalue weighted by Gasteiger charge is 2.15. The van der Waals surface area contributed by atoms with Gasteiger partial charge in [0, 0.05) is 10.5 Å². The maximum Gasteiger partial charge on any atom is 0.243 e. The van der Waals surface area contributed by atoms with Crippen LogP contribution >= 0.6 is 11.8 Å². The summed E-state index contributed by atoms with van der Waals surface area (Å²) in [6.07, 6.45) is 3.07. The van der Waals surface area contributed by atoms with Crippen LogP contribution in [0.4, 0.5) is 0 Å². The first-order valence-corrected chi connectivity index (χ1v) is 8.05. The molecule has 0 bridgehead atoms. The maximum atomic E-state index is 6.04. The Morgan fingerprint density at radius 1 is 1.25 bits per heavy atom. The third kappa shape index (κ3) is 3.84. The SMILES string of the molecule is CCCC[C@H](N)c1nc(-c2ccc(SCC)cc2)no1. The molecule has 108 valence electrons. The van der Waals surface area contributed by atoms with E-state index in [4.69, 9.17) is 10.3 Å². The predicted octanol–water partition coefficient (Wildman–Crippen LogP) is 4.04. The van der Waals surface area contributed by atoms with Crippen LogP contribution in [-0.2, 0) is 0 Å². The lowest BCUT2D eigenvalue weighted by Crippen LogP contribution is -2.10. The van der Waals surface area contributed by atoms with Gasteiger partial charge in [0.1, 0.15) is 0 Å². The number of nitrogens with zero attached hydrogens (tertiary/aromatic N) is 2. The lowest BCUT2D eigenvalue weighted by Gasteiger charge is -2.03. The van der Waals surface area contributed by atoms with Gasteiger partial charge in [-0.3, -0.25) is 0 Å². The van der Waals surface area contributed by atoms with E-state index in [9.17, 15) is 0 Å². The molecule has 0 amide bonds. The van der Waals surface area contributed by atoms with Gasteiger partial charge in [0.2, 0.25) is 11.7 Å². The quantitative estimate of drug-likeness (QED) is 0.780. The van der Waals surface area contributed by atoms with E-state index >= 15 is 0 Å². The average molecular weight is 291 g/mol. The van der Waals surface area contributed by atoms with Crippen LogP contribution in [0.15, 0.2) is 33.7 Å². The second-order valence-corrected chi connectivity index (χ2v) is 6.00. The first-order chi connectivity index (χ1) is 9.74. The molecule has 1 atom stereocenters. The zero-order valence-electron chi connectivity index (χ0n) is 12.0. The van der Waals surface area contributed by atoms with Crippen molar-refractivity contribution in [1.82, 2.24) is 10.1 Å². The highest BCUT2D eigenvalue weighted by atomic mass is 32.2. The Morgan fingerprint density at radius 3 is 2.65 bits per heavy atom. The molecule has 0 radical (unpaired) electrons. The van der Waals surface area contributed by atoms with Gasteiger partial charge in [0.05, 0.1) is 6.04 Å². The fourth-order valence-corrected chi connectivity index (χ4v) is 2.58. The van der Waals surface area contributed by atoms with Crippen LogP contribution in [-0.4, -0.2) is 15.9 Å². The molecule has 2 rings (SSSR count). The molecule has 4 nitrogen and oxygen atoms in total. The van der Waals surface area contributed by atoms with Gasteiger partial charge < -0.3 is 10.3 Å². The van der Waals surface area contributed by atoms with Crippen LogP contribution in [0.2, 0.25) is 0 Å². The number of aromatic nitrogens is 2. The second-order valence-electron chi connectivity index (χ2n) is 4.66. The van der Waals surface area contributed by atoms with Crippen molar-refractivity contribution in [3.63, 3.8) is 0 Å². The fraction of sp³-hybridized carbons (Fsp3) is 0.467. The minimum atomic E-state index is -0.161. The summed E-state index contributed by atoms with van der Waals surface area (Å²) >= 11 is 1.81. The standard InChI is InChI=1S/C15H21N3OS/c1-3-5-6-13(16)15-17-14(18-19-15)11-7-9-12(10-8-11)20-4-2/h7-10,13H,3-6,16H2,1-2H3/t13-/m0/s1. The van der Waals surface area contributed by atoms with E-state index < -0.39 is 0 Å². The van der Waals surface area contributed by atoms with Gasteiger partial charge in [-0.1, -0.05) is 31.8 Å². The van der Waals surface area contributed by atoms with E-state index in [2.05, 4.69) is 36.1 Å². The Morgan fingerprint density at radius 2 is 2.00 bits per heavy atom. The molecule has 0 aliphatic heterocycles. The van der Waals surface area contributed by atoms with Gasteiger partial charge in [-0.15, -0.1) is 11.8 Å². The molecule has 1 aromatic heterocycles. The van der Waals surface area contributed by atoms with Crippen LogP contribution in [0.1, 0.15) is 45.0 Å². The molecular formula is C15H21N3OS. The van der Waals surface area contributed by atoms with Crippen molar-refractivity contribution in [2.24, 2.45) is 5.73 Å². The molecule has 0 spiro atoms. The first kappa shape index (κ1) is 15.1. The molecule has 1 heterocycles. The summed E-state index contributed by atoms with van der Waals surface area (Å²) in [5, 5.41) is 4.02. The maximum absolute atomic E-state index is 6.04. The van der Waals surface area contributed by atoms with E-state index in [1.54, 1.807) is 0 Å². The summed E-state index contributed by atoms with van der Waals surface area (Å²) in [4.78, 5) is 5.65. The van der Waals surface area contributed by atoms with Crippen LogP contribution < -0.4 is 5.73 Å². The smallest absolute Gasteiger partial charge is 0.243 e. The molecule has 20 heavy (non-hydrogen) atoms. The normalized spacial score (nSPS) is 12.6. The number of hydrogen-bond donors (Lipinski definition) is 1. The zero-order chi connectivity index (χ0) is 14.4. The van der Waals surface area contributed by atoms with Crippen molar-refractivity contribution in [1.29, 1.82) is 0 Å². The highest BCUT2D eigenvalue weighted by molar-refractivity contribution is 7.99. The van der Waals surface area contributed by atoms with E-state index in [1.807, 2.05) is 23.9 Å². The van der Waals surface area contributed by atoms with Gasteiger partial charge in [-0.25, -0.2) is 0 Å². The van der Waals surface area contributed by atoms with Crippen molar-refractivity contribution in [3.8, 4) is 11.4 Å². The van der Waals surface area contributed by atoms with Crippen molar-refractivity contribution in [3.05, 3.63) is 30.2 Å². The first-order valence-electron chi connectivity index (χ1n) is 7.07. The molecule has 0 unspecified atom stereocenters. The summed E-state index contributed by atoms with van der Waals surface area (Å²) in [6, 6.07) is 8.03. The Balaban J connectivity index is 2.07. The monoisotopic (exact) mass is 291 g/mol. The van der Waals surface area contributed by atoms with Crippen LogP contribution in [0.25, 0.3) is 11.4 Å². The Bertz CT molecular complexity index is 524. The van der Waals surface area contributed by atoms with Crippen LogP contribution in [0.5, 0.6) is 0 Å². The molecule has 0 fully saturated rings. The topological polar surface area (TPSA) is 64.9 Å². The molecule has 0 aliphatic rings. The van der Waals surface area contributed by atoms with Crippen LogP contribution in [0, 0.1) is 0 Å². The molecule has 2 aromatic rings. The number of nitrogens with two attached hydrogens (primary N) is 1. The number of benzene rings is 1. The molecule has 0 saturated carbocycles. The molecule has 5 heteroatoms. The summed E-state index contributed by atoms with van der Waals surface area (Å²) < 4.78 is 5.26. The summed E-state index contributed by atoms with van der Waals surface area (Å²) in [5.41, 5.74) is 7.00. The predicted molar refractivity (Wildman–Crippen MR) is 82.6 cm³/mol. The largest absolute Gasteiger partial charge is 0.337 e. The van der Waals surface area contributed by atoms with Gasteiger partial charge in [-0.2, -0.15) is 4.98 Å². The summed E-state index contributed by atoms with van der Waals surface area (Å²) in [7, 11) is 0. The van der Waals surface area contributed by atoms with Crippen molar-refractivity contribution in [2.45, 2.75) is 44.0 Å². The second kappa shape index (κ2) is 7.45. The lowest BCUT2D eigenvalue weighted by molar-refractivity contribution is 0.346. The van der Waals surface area contributed by atoms with Gasteiger partial charge in [-0.05, 0) is 36.4 Å². The highest BCUT2D eigenvalue weighted by Crippen LogP contribution is 2.23. The van der Waals surface area contributed by atoms with Gasteiger partial charge >= 0.3 is 0 Å². The Hall–Kier alpha value is -1.33. The average Bonchev–Trinajstić information content (AvgIpc) is 2.96. The number of rotatable bonds is 7. The van der Waals surface area contributed by atoms with E-state index in [1.165, 1.54) is 4.90 Å². The Kier molecular flexibility index (Phi) is 5.61. The van der Waals surface area contributed by atoms with E-state index in [0.29, 0.717) is 11.7 Å². The minimum absolute atomic E-state index is 0.161. The molecule has 1 aromatic carbocycles. The molecule has 0 saturated heterocycles. The number of thioether (sulfide) groups is 1. The van der Waals surface area contributed by atoms with Crippen molar-refractivity contribution in [2.75, 3.05) is 5.75 Å². The van der Waals surface area contributed by atoms with Gasteiger partial charge in [0.25, 0.3) is 0 Å². The fourth-order valence-electron chi connectivity index (χ4n) is 1.92. The molecular weight excluding hydrogens is 270 g/mol. The number of hydrogen-bond acceptors (Lipinski definition) is 5. The lowest BCUT2D eigenvalue weighted by atomic mass is 10.1. The van der Waals surface area contributed by atoms with Crippen LogP contribution in [0.3, 0.4) is 0 Å². The summed E-state index contributed by atoms with van der Waals surface area (Å²) in [6.45, 7) is 4.28. The summed E-state index contributed by atoms with van der Waals surface area (Å²) in [5.74, 6) is 2.21. The van der Waals surface area contributed by atoms with Gasteiger partial charge in [0.15, 0.2) is 0 Å². The minimum Gasteiger partial charge on any atom is -0.337 e. The molecule has 2 N–H and O–H groups in total. The van der Waals surface area contributed by atoms with E-state index in [0.717, 1.165) is 30.6 Å². The van der Waals surface area contributed by atoms with Crippen molar-refractivity contribution >= 4 is 11.8 Å². The van der Waals surface area contributed by atoms with Crippen molar-refractivity contribution < 1.29 is 4.52 Å².